The third-order valence-electron chi connectivity index (χ3n) is 6.87. The quantitative estimate of drug-likeness (QED) is 0.258. The molecule has 0 aliphatic heterocycles. The number of carbonyl (C=O) groups is 1. The first-order chi connectivity index (χ1) is 13.6. The highest BCUT2D eigenvalue weighted by atomic mass is 35.5. The normalized spacial score (nSPS) is 28.1. The van der Waals surface area contributed by atoms with E-state index in [0.29, 0.717) is 10.8 Å². The molecule has 3 rings (SSSR count). The van der Waals surface area contributed by atoms with Gasteiger partial charge in [0.25, 0.3) is 0 Å². The van der Waals surface area contributed by atoms with E-state index in [1.54, 1.807) is 6.07 Å². The number of halogens is 2. The Morgan fingerprint density at radius 3 is 2.29 bits per heavy atom. The molecule has 3 nitrogen and oxygen atoms in total. The zero-order valence-corrected chi connectivity index (χ0v) is 18.5. The topological polar surface area (TPSA) is 39.2 Å². The van der Waals surface area contributed by atoms with Crippen LogP contribution in [0.3, 0.4) is 0 Å². The highest BCUT2D eigenvalue weighted by Gasteiger charge is 2.33. The number of pyridine rings is 1. The lowest BCUT2D eigenvalue weighted by Gasteiger charge is -2.37. The molecular formula is C23H33Cl2NO2. The van der Waals surface area contributed by atoms with Crippen LogP contribution in [0.2, 0.25) is 10.2 Å². The maximum absolute atomic E-state index is 12.5. The van der Waals surface area contributed by atoms with Crippen LogP contribution in [0.25, 0.3) is 0 Å². The number of unbranched alkanes of at least 4 members (excludes halogenated alkanes) is 2. The van der Waals surface area contributed by atoms with Gasteiger partial charge in [0.05, 0.1) is 17.1 Å². The summed E-state index contributed by atoms with van der Waals surface area (Å²) in [5.41, 5.74) is 0. The first-order valence-corrected chi connectivity index (χ1v) is 11.8. The predicted molar refractivity (Wildman–Crippen MR) is 115 cm³/mol. The van der Waals surface area contributed by atoms with Crippen molar-refractivity contribution in [2.45, 2.75) is 84.0 Å². The molecule has 0 aromatic carbocycles. The molecule has 0 amide bonds. The number of ether oxygens (including phenoxy) is 1. The highest BCUT2D eigenvalue weighted by Crippen LogP contribution is 2.42. The van der Waals surface area contributed by atoms with E-state index in [-0.39, 0.29) is 17.0 Å². The molecule has 0 radical (unpaired) electrons. The van der Waals surface area contributed by atoms with Gasteiger partial charge < -0.3 is 4.74 Å². The lowest BCUT2D eigenvalue weighted by Crippen LogP contribution is -2.30. The Balaban J connectivity index is 1.39. The molecule has 2 aliphatic carbocycles. The fraction of sp³-hybridized carbons (Fsp3) is 0.739. The van der Waals surface area contributed by atoms with Gasteiger partial charge in [-0.05, 0) is 56.3 Å². The van der Waals surface area contributed by atoms with Gasteiger partial charge in [0, 0.05) is 6.07 Å². The summed E-state index contributed by atoms with van der Waals surface area (Å²) in [4.78, 5) is 16.4. The summed E-state index contributed by atoms with van der Waals surface area (Å²) < 4.78 is 5.49. The highest BCUT2D eigenvalue weighted by molar-refractivity contribution is 6.41. The molecule has 0 saturated heterocycles. The van der Waals surface area contributed by atoms with E-state index in [1.165, 1.54) is 57.6 Å². The van der Waals surface area contributed by atoms with Crippen LogP contribution in [0.4, 0.5) is 0 Å². The van der Waals surface area contributed by atoms with Crippen molar-refractivity contribution in [3.05, 3.63) is 22.4 Å². The third-order valence-corrected chi connectivity index (χ3v) is 7.55. The van der Waals surface area contributed by atoms with Crippen LogP contribution in [0.5, 0.6) is 5.75 Å². The summed E-state index contributed by atoms with van der Waals surface area (Å²) >= 11 is 11.8. The van der Waals surface area contributed by atoms with E-state index in [4.69, 9.17) is 27.9 Å². The Morgan fingerprint density at radius 2 is 1.68 bits per heavy atom. The SMILES string of the molecule is CCCCCC1CCC(C2CCC(C(=O)Oc3cnc(Cl)c(Cl)c3)CC2)CC1. The number of nitrogens with zero attached hydrogens (tertiary/aromatic N) is 1. The van der Waals surface area contributed by atoms with Crippen molar-refractivity contribution in [2.24, 2.45) is 23.7 Å². The Bertz CT molecular complexity index is 635. The standard InChI is InChI=1S/C23H33Cl2NO2/c1-2-3-4-5-16-6-8-17(9-7-16)18-10-12-19(13-11-18)23(27)28-20-14-21(24)22(25)26-15-20/h14-19H,2-13H2,1H3. The second-order valence-corrected chi connectivity index (χ2v) is 9.52. The van der Waals surface area contributed by atoms with Crippen LogP contribution in [-0.2, 0) is 4.79 Å². The summed E-state index contributed by atoms with van der Waals surface area (Å²) in [6.07, 6.45) is 16.8. The Hall–Kier alpha value is -0.800. The van der Waals surface area contributed by atoms with Gasteiger partial charge in [0.1, 0.15) is 5.15 Å². The number of rotatable bonds is 7. The number of hydrogen-bond acceptors (Lipinski definition) is 3. The van der Waals surface area contributed by atoms with E-state index in [2.05, 4.69) is 11.9 Å². The summed E-state index contributed by atoms with van der Waals surface area (Å²) in [7, 11) is 0. The average molecular weight is 426 g/mol. The molecule has 1 aromatic rings. The molecule has 0 unspecified atom stereocenters. The summed E-state index contributed by atoms with van der Waals surface area (Å²) in [5, 5.41) is 0.531. The Labute approximate surface area is 179 Å². The zero-order chi connectivity index (χ0) is 19.9. The van der Waals surface area contributed by atoms with Crippen LogP contribution >= 0.6 is 23.2 Å². The van der Waals surface area contributed by atoms with Crippen LogP contribution in [0.1, 0.15) is 84.0 Å². The minimum atomic E-state index is -0.154. The molecule has 2 fully saturated rings. The van der Waals surface area contributed by atoms with Crippen molar-refractivity contribution in [2.75, 3.05) is 0 Å². The lowest BCUT2D eigenvalue weighted by molar-refractivity contribution is -0.140. The summed E-state index contributed by atoms with van der Waals surface area (Å²) in [6, 6.07) is 1.55. The van der Waals surface area contributed by atoms with Crippen molar-refractivity contribution in [1.29, 1.82) is 0 Å². The largest absolute Gasteiger partial charge is 0.425 e. The monoisotopic (exact) mass is 425 g/mol. The van der Waals surface area contributed by atoms with Gasteiger partial charge in [0.15, 0.2) is 5.75 Å². The van der Waals surface area contributed by atoms with Crippen molar-refractivity contribution in [3.63, 3.8) is 0 Å². The third kappa shape index (κ3) is 6.10. The molecule has 28 heavy (non-hydrogen) atoms. The van der Waals surface area contributed by atoms with Crippen molar-refractivity contribution >= 4 is 29.2 Å². The molecule has 0 spiro atoms. The molecule has 0 bridgehead atoms. The van der Waals surface area contributed by atoms with E-state index in [1.807, 2.05) is 0 Å². The predicted octanol–water partition coefficient (Wildman–Crippen LogP) is 7.49. The maximum atomic E-state index is 12.5. The summed E-state index contributed by atoms with van der Waals surface area (Å²) in [5.74, 6) is 2.86. The van der Waals surface area contributed by atoms with Crippen LogP contribution in [-0.4, -0.2) is 11.0 Å². The van der Waals surface area contributed by atoms with Gasteiger partial charge in [0.2, 0.25) is 0 Å². The van der Waals surface area contributed by atoms with Crippen LogP contribution in [0.15, 0.2) is 12.3 Å². The number of hydrogen-bond donors (Lipinski definition) is 0. The van der Waals surface area contributed by atoms with Gasteiger partial charge >= 0.3 is 5.97 Å². The van der Waals surface area contributed by atoms with Gasteiger partial charge in [-0.2, -0.15) is 0 Å². The van der Waals surface area contributed by atoms with E-state index in [0.717, 1.165) is 43.4 Å². The van der Waals surface area contributed by atoms with Crippen molar-refractivity contribution in [1.82, 2.24) is 4.98 Å². The number of carbonyl (C=O) groups excluding carboxylic acids is 1. The second kappa shape index (κ2) is 10.8. The lowest BCUT2D eigenvalue weighted by atomic mass is 9.68. The first kappa shape index (κ1) is 21.9. The average Bonchev–Trinajstić information content (AvgIpc) is 2.72. The Morgan fingerprint density at radius 1 is 1.04 bits per heavy atom. The number of esters is 1. The zero-order valence-electron chi connectivity index (χ0n) is 17.0. The molecule has 0 N–H and O–H groups in total. The minimum Gasteiger partial charge on any atom is -0.425 e. The maximum Gasteiger partial charge on any atom is 0.314 e. The summed E-state index contributed by atoms with van der Waals surface area (Å²) in [6.45, 7) is 2.28. The van der Waals surface area contributed by atoms with Gasteiger partial charge in [-0.15, -0.1) is 0 Å². The van der Waals surface area contributed by atoms with Crippen LogP contribution < -0.4 is 4.74 Å². The molecule has 1 aromatic heterocycles. The molecule has 1 heterocycles. The fourth-order valence-corrected chi connectivity index (χ4v) is 5.38. The van der Waals surface area contributed by atoms with E-state index in [9.17, 15) is 4.79 Å². The van der Waals surface area contributed by atoms with Gasteiger partial charge in [-0.25, -0.2) is 4.98 Å². The van der Waals surface area contributed by atoms with Crippen molar-refractivity contribution in [3.8, 4) is 5.75 Å². The molecule has 156 valence electrons. The molecule has 5 heteroatoms. The van der Waals surface area contributed by atoms with Crippen molar-refractivity contribution < 1.29 is 9.53 Å². The van der Waals surface area contributed by atoms with Crippen LogP contribution in [0, 0.1) is 23.7 Å². The molecule has 2 aliphatic rings. The van der Waals surface area contributed by atoms with Gasteiger partial charge in [-0.1, -0.05) is 68.7 Å². The second-order valence-electron chi connectivity index (χ2n) is 8.75. The molecular weight excluding hydrogens is 393 g/mol. The Kier molecular flexibility index (Phi) is 8.47. The smallest absolute Gasteiger partial charge is 0.314 e. The molecule has 2 saturated carbocycles. The minimum absolute atomic E-state index is 0.00362. The fourth-order valence-electron chi connectivity index (χ4n) is 5.12. The van der Waals surface area contributed by atoms with Gasteiger partial charge in [-0.3, -0.25) is 4.79 Å². The first-order valence-electron chi connectivity index (χ1n) is 11.1. The van der Waals surface area contributed by atoms with E-state index < -0.39 is 0 Å². The van der Waals surface area contributed by atoms with E-state index >= 15 is 0 Å². The number of aromatic nitrogens is 1. The molecule has 0 atom stereocenters.